The van der Waals surface area contributed by atoms with Gasteiger partial charge in [-0.2, -0.15) is 0 Å². The average molecular weight is 416 g/mol. The number of hydrogen-bond acceptors (Lipinski definition) is 4. The number of rotatable bonds is 4. The summed E-state index contributed by atoms with van der Waals surface area (Å²) in [5, 5.41) is 11.4. The topological polar surface area (TPSA) is 66.8 Å². The number of Topliss-reactive ketones (excluding diaryl/α,β-unsaturated/α-hetero) is 1. The molecular weight excluding hydrogens is 397 g/mol. The van der Waals surface area contributed by atoms with Crippen molar-refractivity contribution < 1.29 is 23.8 Å². The first-order chi connectivity index (χ1) is 14.0. The van der Waals surface area contributed by atoms with Crippen LogP contribution >= 0.6 is 11.6 Å². The van der Waals surface area contributed by atoms with Gasteiger partial charge in [0.05, 0.1) is 17.7 Å². The Labute approximate surface area is 172 Å². The predicted molar refractivity (Wildman–Crippen MR) is 106 cm³/mol. The molecule has 2 aliphatic rings. The van der Waals surface area contributed by atoms with E-state index < -0.39 is 23.5 Å². The normalized spacial score (nSPS) is 23.7. The Morgan fingerprint density at radius 2 is 1.83 bits per heavy atom. The number of ketones is 1. The Morgan fingerprint density at radius 1 is 1.14 bits per heavy atom. The fourth-order valence-electron chi connectivity index (χ4n) is 3.83. The van der Waals surface area contributed by atoms with Crippen molar-refractivity contribution in [3.05, 3.63) is 76.1 Å². The van der Waals surface area contributed by atoms with Crippen molar-refractivity contribution in [2.24, 2.45) is 0 Å². The summed E-state index contributed by atoms with van der Waals surface area (Å²) in [7, 11) is 0. The highest BCUT2D eigenvalue weighted by Crippen LogP contribution is 2.40. The lowest BCUT2D eigenvalue weighted by Gasteiger charge is -2.27. The third kappa shape index (κ3) is 3.78. The molecule has 0 aliphatic carbocycles. The lowest BCUT2D eigenvalue weighted by atomic mass is 9.95. The van der Waals surface area contributed by atoms with Gasteiger partial charge < -0.3 is 14.7 Å². The van der Waals surface area contributed by atoms with Gasteiger partial charge in [0.15, 0.2) is 0 Å². The van der Waals surface area contributed by atoms with Crippen LogP contribution in [-0.2, 0) is 14.3 Å². The summed E-state index contributed by atoms with van der Waals surface area (Å²) < 4.78 is 19.1. The summed E-state index contributed by atoms with van der Waals surface area (Å²) in [6.07, 6.45) is 1.50. The Morgan fingerprint density at radius 3 is 2.45 bits per heavy atom. The molecule has 2 atom stereocenters. The Balaban J connectivity index is 1.81. The second kappa shape index (κ2) is 7.97. The maximum Gasteiger partial charge on any atom is 0.295 e. The van der Waals surface area contributed by atoms with Crippen molar-refractivity contribution in [3.8, 4) is 0 Å². The molecule has 150 valence electrons. The van der Waals surface area contributed by atoms with Gasteiger partial charge in [0, 0.05) is 23.7 Å². The Hall–Kier alpha value is -2.70. The SMILES string of the molecule is O=C1C(=O)N(C[C@@H]2CCCO2)[C@@H](c2ccc(F)cc2)C1=C(O)c1ccc(Cl)cc1. The number of nitrogens with zero attached hydrogens (tertiary/aromatic N) is 1. The molecule has 2 fully saturated rings. The standard InChI is InChI=1S/C22H19ClFNO4/c23-15-7-3-14(4-8-15)20(26)18-19(13-5-9-16(24)10-6-13)25(22(28)21(18)27)12-17-2-1-11-29-17/h3-10,17,19,26H,1-2,11-12H2/t17-,19-/m0/s1. The van der Waals surface area contributed by atoms with Crippen LogP contribution in [0.3, 0.4) is 0 Å². The van der Waals surface area contributed by atoms with Crippen LogP contribution in [0.15, 0.2) is 54.1 Å². The van der Waals surface area contributed by atoms with E-state index in [0.717, 1.165) is 12.8 Å². The number of likely N-dealkylation sites (tertiary alicyclic amines) is 1. The summed E-state index contributed by atoms with van der Waals surface area (Å²) in [5.74, 6) is -2.19. The zero-order chi connectivity index (χ0) is 20.5. The minimum absolute atomic E-state index is 0.0260. The third-order valence-electron chi connectivity index (χ3n) is 5.27. The molecule has 0 bridgehead atoms. The summed E-state index contributed by atoms with van der Waals surface area (Å²) in [4.78, 5) is 27.1. The maximum absolute atomic E-state index is 13.5. The van der Waals surface area contributed by atoms with Gasteiger partial charge in [-0.25, -0.2) is 4.39 Å². The number of hydrogen-bond donors (Lipinski definition) is 1. The van der Waals surface area contributed by atoms with Crippen molar-refractivity contribution >= 4 is 29.1 Å². The molecule has 5 nitrogen and oxygen atoms in total. The van der Waals surface area contributed by atoms with Crippen LogP contribution in [0.1, 0.15) is 30.0 Å². The molecule has 2 aliphatic heterocycles. The van der Waals surface area contributed by atoms with Gasteiger partial charge in [0.1, 0.15) is 11.6 Å². The number of benzene rings is 2. The molecule has 0 radical (unpaired) electrons. The molecule has 0 saturated carbocycles. The first kappa shape index (κ1) is 19.6. The molecule has 0 aromatic heterocycles. The fraction of sp³-hybridized carbons (Fsp3) is 0.273. The van der Waals surface area contributed by atoms with Crippen molar-refractivity contribution in [3.63, 3.8) is 0 Å². The molecule has 0 spiro atoms. The van der Waals surface area contributed by atoms with Gasteiger partial charge in [0.25, 0.3) is 11.7 Å². The molecule has 1 N–H and O–H groups in total. The lowest BCUT2D eigenvalue weighted by Crippen LogP contribution is -2.36. The Kier molecular flexibility index (Phi) is 5.39. The molecule has 29 heavy (non-hydrogen) atoms. The quantitative estimate of drug-likeness (QED) is 0.464. The van der Waals surface area contributed by atoms with Crippen LogP contribution in [0.5, 0.6) is 0 Å². The van der Waals surface area contributed by atoms with Crippen LogP contribution in [0, 0.1) is 5.82 Å². The van der Waals surface area contributed by atoms with Crippen molar-refractivity contribution in [2.45, 2.75) is 25.0 Å². The van der Waals surface area contributed by atoms with Crippen molar-refractivity contribution in [2.75, 3.05) is 13.2 Å². The molecule has 0 unspecified atom stereocenters. The number of carbonyl (C=O) groups is 2. The molecule has 2 aromatic rings. The molecule has 2 heterocycles. The van der Waals surface area contributed by atoms with E-state index in [-0.39, 0.29) is 24.0 Å². The van der Waals surface area contributed by atoms with Crippen molar-refractivity contribution in [1.29, 1.82) is 0 Å². The van der Waals surface area contributed by atoms with E-state index in [9.17, 15) is 19.1 Å². The van der Waals surface area contributed by atoms with E-state index in [0.29, 0.717) is 22.8 Å². The number of amides is 1. The van der Waals surface area contributed by atoms with Crippen LogP contribution in [0.4, 0.5) is 4.39 Å². The minimum Gasteiger partial charge on any atom is -0.507 e. The number of carbonyl (C=O) groups excluding carboxylic acids is 2. The highest BCUT2D eigenvalue weighted by atomic mass is 35.5. The summed E-state index contributed by atoms with van der Waals surface area (Å²) in [6.45, 7) is 0.838. The van der Waals surface area contributed by atoms with E-state index in [1.54, 1.807) is 24.3 Å². The summed E-state index contributed by atoms with van der Waals surface area (Å²) >= 11 is 5.91. The minimum atomic E-state index is -0.824. The van der Waals surface area contributed by atoms with Gasteiger partial charge in [0.2, 0.25) is 0 Å². The van der Waals surface area contributed by atoms with Crippen LogP contribution in [0.25, 0.3) is 5.76 Å². The number of ether oxygens (including phenoxy) is 1. The molecule has 2 saturated heterocycles. The van der Waals surface area contributed by atoms with Crippen molar-refractivity contribution in [1.82, 2.24) is 4.90 Å². The second-order valence-electron chi connectivity index (χ2n) is 7.14. The predicted octanol–water partition coefficient (Wildman–Crippen LogP) is 4.08. The summed E-state index contributed by atoms with van der Waals surface area (Å²) in [6, 6.07) is 11.1. The molecule has 2 aromatic carbocycles. The van der Waals surface area contributed by atoms with Crippen LogP contribution in [-0.4, -0.2) is 41.0 Å². The molecule has 7 heteroatoms. The monoisotopic (exact) mass is 415 g/mol. The van der Waals surface area contributed by atoms with E-state index in [1.165, 1.54) is 29.2 Å². The van der Waals surface area contributed by atoms with Crippen LogP contribution < -0.4 is 0 Å². The first-order valence-electron chi connectivity index (χ1n) is 9.37. The number of aliphatic hydroxyl groups is 1. The van der Waals surface area contributed by atoms with Gasteiger partial charge in [-0.15, -0.1) is 0 Å². The molecular formula is C22H19ClFNO4. The maximum atomic E-state index is 13.5. The Bertz CT molecular complexity index is 965. The zero-order valence-corrected chi connectivity index (χ0v) is 16.2. The average Bonchev–Trinajstić information content (AvgIpc) is 3.31. The van der Waals surface area contributed by atoms with Gasteiger partial charge in [-0.3, -0.25) is 9.59 Å². The van der Waals surface area contributed by atoms with E-state index in [2.05, 4.69) is 0 Å². The zero-order valence-electron chi connectivity index (χ0n) is 15.5. The number of aliphatic hydroxyl groups excluding tert-OH is 1. The number of halogens is 2. The second-order valence-corrected chi connectivity index (χ2v) is 7.58. The first-order valence-corrected chi connectivity index (χ1v) is 9.75. The van der Waals surface area contributed by atoms with Gasteiger partial charge in [-0.1, -0.05) is 23.7 Å². The van der Waals surface area contributed by atoms with Gasteiger partial charge in [-0.05, 0) is 54.8 Å². The fourth-order valence-corrected chi connectivity index (χ4v) is 3.96. The molecule has 4 rings (SSSR count). The van der Waals surface area contributed by atoms with E-state index in [4.69, 9.17) is 16.3 Å². The highest BCUT2D eigenvalue weighted by Gasteiger charge is 2.47. The highest BCUT2D eigenvalue weighted by molar-refractivity contribution is 6.46. The lowest BCUT2D eigenvalue weighted by molar-refractivity contribution is -0.140. The third-order valence-corrected chi connectivity index (χ3v) is 5.52. The molecule has 1 amide bonds. The van der Waals surface area contributed by atoms with Crippen LogP contribution in [0.2, 0.25) is 5.02 Å². The van der Waals surface area contributed by atoms with E-state index in [1.807, 2.05) is 0 Å². The summed E-state index contributed by atoms with van der Waals surface area (Å²) in [5.41, 5.74) is 0.887. The smallest absolute Gasteiger partial charge is 0.295 e. The van der Waals surface area contributed by atoms with E-state index >= 15 is 0 Å². The largest absolute Gasteiger partial charge is 0.507 e. The van der Waals surface area contributed by atoms with Gasteiger partial charge >= 0.3 is 0 Å².